The van der Waals surface area contributed by atoms with E-state index < -0.39 is 0 Å². The van der Waals surface area contributed by atoms with Gasteiger partial charge in [-0.2, -0.15) is 0 Å². The van der Waals surface area contributed by atoms with Crippen LogP contribution in [-0.4, -0.2) is 16.7 Å². The van der Waals surface area contributed by atoms with E-state index in [0.29, 0.717) is 16.5 Å². The molecule has 2 amide bonds. The second-order valence-electron chi connectivity index (χ2n) is 3.90. The molecule has 4 heteroatoms. The van der Waals surface area contributed by atoms with Gasteiger partial charge in [0.1, 0.15) is 0 Å². The summed E-state index contributed by atoms with van der Waals surface area (Å²) < 4.78 is 0.813. The van der Waals surface area contributed by atoms with E-state index >= 15 is 0 Å². The van der Waals surface area contributed by atoms with Crippen LogP contribution in [0, 0.1) is 7.05 Å². The molecule has 0 unspecified atom stereocenters. The van der Waals surface area contributed by atoms with E-state index in [1.807, 2.05) is 12.1 Å². The molecular weight excluding hydrogens is 282 g/mol. The lowest BCUT2D eigenvalue weighted by molar-refractivity contribution is 0.0675. The van der Waals surface area contributed by atoms with Gasteiger partial charge in [0, 0.05) is 28.0 Å². The quantitative estimate of drug-likeness (QED) is 0.699. The van der Waals surface area contributed by atoms with Gasteiger partial charge in [0.05, 0.1) is 0 Å². The predicted molar refractivity (Wildman–Crippen MR) is 67.5 cm³/mol. The van der Waals surface area contributed by atoms with Gasteiger partial charge in [-0.05, 0) is 23.6 Å². The van der Waals surface area contributed by atoms with Crippen molar-refractivity contribution in [3.8, 4) is 0 Å². The molecule has 17 heavy (non-hydrogen) atoms. The first-order valence-electron chi connectivity index (χ1n) is 5.01. The number of imide groups is 1. The maximum absolute atomic E-state index is 12.0. The second-order valence-corrected chi connectivity index (χ2v) is 4.81. The zero-order chi connectivity index (χ0) is 12.2. The van der Waals surface area contributed by atoms with E-state index in [4.69, 9.17) is 0 Å². The smallest absolute Gasteiger partial charge is 0.261 e. The Hall–Kier alpha value is -1.68. The molecule has 0 saturated heterocycles. The number of amides is 2. The lowest BCUT2D eigenvalue weighted by atomic mass is 9.94. The molecule has 83 valence electrons. The minimum atomic E-state index is -0.361. The summed E-state index contributed by atoms with van der Waals surface area (Å²) in [6.45, 7) is 0. The summed E-state index contributed by atoms with van der Waals surface area (Å²) in [7, 11) is 3.49. The van der Waals surface area contributed by atoms with E-state index in [-0.39, 0.29) is 11.8 Å². The fourth-order valence-corrected chi connectivity index (χ4v) is 2.60. The Kier molecular flexibility index (Phi) is 2.10. The lowest BCUT2D eigenvalue weighted by Gasteiger charge is -2.23. The fraction of sp³-hybridized carbons (Fsp3) is 0. The predicted octanol–water partition coefficient (Wildman–Crippen LogP) is 2.99. The third kappa shape index (κ3) is 1.34. The summed E-state index contributed by atoms with van der Waals surface area (Å²) in [5.41, 5.74) is 1.04. The van der Waals surface area contributed by atoms with Gasteiger partial charge >= 0.3 is 0 Å². The number of hydrogen-bond donors (Lipinski definition) is 0. The van der Waals surface area contributed by atoms with Crippen molar-refractivity contribution in [2.45, 2.75) is 0 Å². The molecule has 1 heterocycles. The molecule has 2 aromatic carbocycles. The average molecular weight is 289 g/mol. The number of benzene rings is 2. The van der Waals surface area contributed by atoms with Crippen LogP contribution in [0.1, 0.15) is 20.7 Å². The summed E-state index contributed by atoms with van der Waals surface area (Å²) in [5.74, 6) is -0.713. The summed E-state index contributed by atoms with van der Waals surface area (Å²) in [6.07, 6.45) is 0. The highest BCUT2D eigenvalue weighted by molar-refractivity contribution is 9.10. The molecule has 0 spiro atoms. The number of rotatable bonds is 0. The molecule has 0 aromatic heterocycles. The van der Waals surface area contributed by atoms with Crippen LogP contribution in [0.15, 0.2) is 34.8 Å². The van der Waals surface area contributed by atoms with Gasteiger partial charge in [-0.3, -0.25) is 14.5 Å². The summed E-state index contributed by atoms with van der Waals surface area (Å²) in [5, 5.41) is 1.59. The summed E-state index contributed by atoms with van der Waals surface area (Å²) in [6, 6.07) is 9.01. The first-order valence-corrected chi connectivity index (χ1v) is 5.80. The SMILES string of the molecule is [CH2]N1C(=O)c2cccc3cc(Br)cc(c23)C1=O. The van der Waals surface area contributed by atoms with E-state index in [0.717, 1.165) is 14.8 Å². The Morgan fingerprint density at radius 1 is 1.06 bits per heavy atom. The molecule has 0 aliphatic carbocycles. The molecule has 3 nitrogen and oxygen atoms in total. The highest BCUT2D eigenvalue weighted by Gasteiger charge is 2.30. The van der Waals surface area contributed by atoms with Gasteiger partial charge in [-0.15, -0.1) is 0 Å². The minimum absolute atomic E-state index is 0.351. The first-order chi connectivity index (χ1) is 8.09. The second kappa shape index (κ2) is 3.40. The van der Waals surface area contributed by atoms with Crippen molar-refractivity contribution in [3.63, 3.8) is 0 Å². The van der Waals surface area contributed by atoms with Crippen LogP contribution in [0.25, 0.3) is 10.8 Å². The highest BCUT2D eigenvalue weighted by Crippen LogP contribution is 2.32. The number of carbonyl (C=O) groups excluding carboxylic acids is 2. The van der Waals surface area contributed by atoms with E-state index in [1.54, 1.807) is 18.2 Å². The molecule has 1 radical (unpaired) electrons. The van der Waals surface area contributed by atoms with E-state index in [1.165, 1.54) is 0 Å². The van der Waals surface area contributed by atoms with E-state index in [9.17, 15) is 9.59 Å². The van der Waals surface area contributed by atoms with Gasteiger partial charge < -0.3 is 0 Å². The largest absolute Gasteiger partial charge is 0.273 e. The van der Waals surface area contributed by atoms with Gasteiger partial charge in [0.15, 0.2) is 0 Å². The molecule has 3 rings (SSSR count). The van der Waals surface area contributed by atoms with Gasteiger partial charge in [0.25, 0.3) is 11.8 Å². The zero-order valence-electron chi connectivity index (χ0n) is 8.74. The number of nitrogens with zero attached hydrogens (tertiary/aromatic N) is 1. The molecule has 0 bridgehead atoms. The first kappa shape index (κ1) is 10.5. The maximum Gasteiger partial charge on any atom is 0.261 e. The average Bonchev–Trinajstić information content (AvgIpc) is 2.32. The number of halogens is 1. The Morgan fingerprint density at radius 3 is 2.53 bits per heavy atom. The summed E-state index contributed by atoms with van der Waals surface area (Å²) in [4.78, 5) is 24.8. The van der Waals surface area contributed by atoms with Crippen LogP contribution in [-0.2, 0) is 0 Å². The monoisotopic (exact) mass is 288 g/mol. The van der Waals surface area contributed by atoms with Crippen LogP contribution in [0.3, 0.4) is 0 Å². The minimum Gasteiger partial charge on any atom is -0.273 e. The molecular formula is C13H7BrNO2. The molecule has 0 fully saturated rings. The molecule has 1 aliphatic rings. The van der Waals surface area contributed by atoms with Gasteiger partial charge in [-0.25, -0.2) is 0 Å². The van der Waals surface area contributed by atoms with Crippen LogP contribution in [0.5, 0.6) is 0 Å². The zero-order valence-corrected chi connectivity index (χ0v) is 10.3. The standard InChI is InChI=1S/C13H7BrNO2/c1-15-12(16)9-4-2-3-7-5-8(14)6-10(11(7)9)13(15)17/h2-6H,1H2. The van der Waals surface area contributed by atoms with Crippen LogP contribution in [0.4, 0.5) is 0 Å². The molecule has 0 atom stereocenters. The summed E-state index contributed by atoms with van der Waals surface area (Å²) >= 11 is 3.36. The van der Waals surface area contributed by atoms with Crippen molar-refractivity contribution in [2.24, 2.45) is 0 Å². The normalized spacial score (nSPS) is 14.6. The topological polar surface area (TPSA) is 37.4 Å². The highest BCUT2D eigenvalue weighted by atomic mass is 79.9. The van der Waals surface area contributed by atoms with Crippen molar-refractivity contribution >= 4 is 38.5 Å². The third-order valence-electron chi connectivity index (χ3n) is 2.89. The van der Waals surface area contributed by atoms with Crippen LogP contribution < -0.4 is 0 Å². The molecule has 1 aliphatic heterocycles. The van der Waals surface area contributed by atoms with Gasteiger partial charge in [0.2, 0.25) is 0 Å². The molecule has 0 saturated carbocycles. The van der Waals surface area contributed by atoms with Crippen molar-refractivity contribution < 1.29 is 9.59 Å². The molecule has 0 N–H and O–H groups in total. The Labute approximate surface area is 106 Å². The number of hydrogen-bond acceptors (Lipinski definition) is 2. The fourth-order valence-electron chi connectivity index (χ4n) is 2.12. The van der Waals surface area contributed by atoms with Gasteiger partial charge in [-0.1, -0.05) is 28.1 Å². The number of carbonyl (C=O) groups is 2. The maximum atomic E-state index is 12.0. The van der Waals surface area contributed by atoms with Crippen molar-refractivity contribution in [1.82, 2.24) is 4.90 Å². The van der Waals surface area contributed by atoms with Crippen LogP contribution >= 0.6 is 15.9 Å². The Balaban J connectivity index is 2.53. The Morgan fingerprint density at radius 2 is 1.76 bits per heavy atom. The lowest BCUT2D eigenvalue weighted by Crippen LogP contribution is -2.35. The molecule has 2 aromatic rings. The van der Waals surface area contributed by atoms with Crippen molar-refractivity contribution in [1.29, 1.82) is 0 Å². The Bertz CT molecular complexity index is 678. The van der Waals surface area contributed by atoms with Crippen molar-refractivity contribution in [3.05, 3.63) is 53.0 Å². The van der Waals surface area contributed by atoms with Crippen molar-refractivity contribution in [2.75, 3.05) is 0 Å². The van der Waals surface area contributed by atoms with E-state index in [2.05, 4.69) is 23.0 Å². The third-order valence-corrected chi connectivity index (χ3v) is 3.35. The van der Waals surface area contributed by atoms with Crippen LogP contribution in [0.2, 0.25) is 0 Å².